The van der Waals surface area contributed by atoms with Crippen LogP contribution in [-0.4, -0.2) is 36.3 Å². The van der Waals surface area contributed by atoms with Crippen molar-refractivity contribution in [3.63, 3.8) is 0 Å². The summed E-state index contributed by atoms with van der Waals surface area (Å²) in [5.41, 5.74) is 5.35. The Morgan fingerprint density at radius 1 is 1.41 bits per heavy atom. The van der Waals surface area contributed by atoms with Gasteiger partial charge in [-0.05, 0) is 13.8 Å². The molecule has 0 aromatic carbocycles. The maximum atomic E-state index is 5.55. The van der Waals surface area contributed by atoms with Crippen LogP contribution in [0, 0.1) is 0 Å². The molecule has 0 amide bonds. The molecule has 0 radical (unpaired) electrons. The number of aromatic nitrogens is 2. The molecular formula is C11H20N4O2. The lowest BCUT2D eigenvalue weighted by Crippen LogP contribution is -2.25. The van der Waals surface area contributed by atoms with Gasteiger partial charge in [0.1, 0.15) is 5.82 Å². The average Bonchev–Trinajstić information content (AvgIpc) is 2.28. The highest BCUT2D eigenvalue weighted by Gasteiger charge is 2.16. The van der Waals surface area contributed by atoms with Crippen LogP contribution in [0.2, 0.25) is 0 Å². The standard InChI is InChI=1S/C11H20N4O2/c1-11(2,16-4)5-6-17-9-7-8(13-3)14-10(12)15-9/h7H,5-6H2,1-4H3,(H3,12,13,14,15). The second-order valence-corrected chi connectivity index (χ2v) is 4.26. The molecule has 17 heavy (non-hydrogen) atoms. The predicted molar refractivity (Wildman–Crippen MR) is 67.2 cm³/mol. The zero-order chi connectivity index (χ0) is 12.9. The first kappa shape index (κ1) is 13.5. The summed E-state index contributed by atoms with van der Waals surface area (Å²) in [5, 5.41) is 2.89. The Hall–Kier alpha value is -1.56. The van der Waals surface area contributed by atoms with Crippen LogP contribution >= 0.6 is 0 Å². The smallest absolute Gasteiger partial charge is 0.225 e. The van der Waals surface area contributed by atoms with Gasteiger partial charge in [-0.1, -0.05) is 0 Å². The molecule has 0 fully saturated rings. The molecule has 1 heterocycles. The summed E-state index contributed by atoms with van der Waals surface area (Å²) < 4.78 is 10.8. The SMILES string of the molecule is CNc1cc(OCCC(C)(C)OC)nc(N)n1. The van der Waals surface area contributed by atoms with Gasteiger partial charge < -0.3 is 20.5 Å². The van der Waals surface area contributed by atoms with Gasteiger partial charge in [-0.15, -0.1) is 0 Å². The summed E-state index contributed by atoms with van der Waals surface area (Å²) in [5.74, 6) is 1.30. The number of anilines is 2. The number of ether oxygens (including phenoxy) is 2. The van der Waals surface area contributed by atoms with E-state index in [1.54, 1.807) is 20.2 Å². The Kier molecular flexibility index (Phi) is 4.51. The maximum absolute atomic E-state index is 5.55. The van der Waals surface area contributed by atoms with Crippen molar-refractivity contribution >= 4 is 11.8 Å². The van der Waals surface area contributed by atoms with Gasteiger partial charge in [0.25, 0.3) is 0 Å². The molecule has 0 aliphatic carbocycles. The fourth-order valence-electron chi connectivity index (χ4n) is 1.15. The summed E-state index contributed by atoms with van der Waals surface area (Å²) in [6.45, 7) is 4.52. The first-order valence-corrected chi connectivity index (χ1v) is 5.47. The highest BCUT2D eigenvalue weighted by Crippen LogP contribution is 2.17. The molecular weight excluding hydrogens is 220 g/mol. The lowest BCUT2D eigenvalue weighted by Gasteiger charge is -2.22. The van der Waals surface area contributed by atoms with E-state index in [0.717, 1.165) is 6.42 Å². The third kappa shape index (κ3) is 4.44. The van der Waals surface area contributed by atoms with E-state index in [1.165, 1.54) is 0 Å². The Bertz CT molecular complexity index is 368. The second kappa shape index (κ2) is 5.67. The number of hydrogen-bond donors (Lipinski definition) is 2. The van der Waals surface area contributed by atoms with Crippen molar-refractivity contribution in [2.45, 2.75) is 25.9 Å². The predicted octanol–water partition coefficient (Wildman–Crippen LogP) is 1.29. The van der Waals surface area contributed by atoms with Crippen LogP contribution in [0.1, 0.15) is 20.3 Å². The summed E-state index contributed by atoms with van der Waals surface area (Å²) in [4.78, 5) is 7.97. The van der Waals surface area contributed by atoms with E-state index >= 15 is 0 Å². The maximum Gasteiger partial charge on any atom is 0.225 e. The van der Waals surface area contributed by atoms with Gasteiger partial charge in [-0.3, -0.25) is 0 Å². The van der Waals surface area contributed by atoms with Crippen LogP contribution in [0.15, 0.2) is 6.07 Å². The molecule has 0 aliphatic rings. The molecule has 0 spiro atoms. The van der Waals surface area contributed by atoms with Crippen molar-refractivity contribution in [2.75, 3.05) is 31.8 Å². The van der Waals surface area contributed by atoms with Crippen LogP contribution in [0.4, 0.5) is 11.8 Å². The molecule has 6 heteroatoms. The van der Waals surface area contributed by atoms with E-state index in [0.29, 0.717) is 18.3 Å². The Morgan fingerprint density at radius 2 is 2.12 bits per heavy atom. The van der Waals surface area contributed by atoms with Crippen molar-refractivity contribution < 1.29 is 9.47 Å². The normalized spacial score (nSPS) is 11.3. The molecule has 0 saturated heterocycles. The first-order valence-electron chi connectivity index (χ1n) is 5.47. The molecule has 0 bridgehead atoms. The molecule has 0 aliphatic heterocycles. The van der Waals surface area contributed by atoms with Crippen molar-refractivity contribution in [1.29, 1.82) is 0 Å². The number of nitrogens with one attached hydrogen (secondary N) is 1. The van der Waals surface area contributed by atoms with Crippen molar-refractivity contribution in [3.8, 4) is 5.88 Å². The highest BCUT2D eigenvalue weighted by molar-refractivity contribution is 5.41. The van der Waals surface area contributed by atoms with Gasteiger partial charge >= 0.3 is 0 Å². The number of hydrogen-bond acceptors (Lipinski definition) is 6. The monoisotopic (exact) mass is 240 g/mol. The van der Waals surface area contributed by atoms with Crippen molar-refractivity contribution in [2.24, 2.45) is 0 Å². The van der Waals surface area contributed by atoms with Gasteiger partial charge in [-0.2, -0.15) is 9.97 Å². The van der Waals surface area contributed by atoms with E-state index in [4.69, 9.17) is 15.2 Å². The largest absolute Gasteiger partial charge is 0.477 e. The number of nitrogens with two attached hydrogens (primary N) is 1. The number of rotatable bonds is 6. The van der Waals surface area contributed by atoms with Gasteiger partial charge in [0.15, 0.2) is 0 Å². The highest BCUT2D eigenvalue weighted by atomic mass is 16.5. The fraction of sp³-hybridized carbons (Fsp3) is 0.636. The molecule has 1 aromatic heterocycles. The number of methoxy groups -OCH3 is 1. The Morgan fingerprint density at radius 3 is 2.71 bits per heavy atom. The quantitative estimate of drug-likeness (QED) is 0.779. The van der Waals surface area contributed by atoms with Gasteiger partial charge in [0.05, 0.1) is 12.2 Å². The average molecular weight is 240 g/mol. The zero-order valence-corrected chi connectivity index (χ0v) is 10.8. The minimum absolute atomic E-state index is 0.192. The first-order chi connectivity index (χ1) is 7.96. The third-order valence-electron chi connectivity index (χ3n) is 2.48. The molecule has 6 nitrogen and oxygen atoms in total. The van der Waals surface area contributed by atoms with Crippen LogP contribution in [0.5, 0.6) is 5.88 Å². The summed E-state index contributed by atoms with van der Waals surface area (Å²) in [6, 6.07) is 1.70. The summed E-state index contributed by atoms with van der Waals surface area (Å²) >= 11 is 0. The lowest BCUT2D eigenvalue weighted by molar-refractivity contribution is 0.00510. The van der Waals surface area contributed by atoms with E-state index in [1.807, 2.05) is 13.8 Å². The number of nitrogen functional groups attached to an aromatic ring is 1. The molecule has 96 valence electrons. The van der Waals surface area contributed by atoms with E-state index in [2.05, 4.69) is 15.3 Å². The molecule has 0 unspecified atom stereocenters. The topological polar surface area (TPSA) is 82.3 Å². The third-order valence-corrected chi connectivity index (χ3v) is 2.48. The summed E-state index contributed by atoms with van der Waals surface area (Å²) in [7, 11) is 3.45. The molecule has 1 aromatic rings. The van der Waals surface area contributed by atoms with Gasteiger partial charge in [-0.25, -0.2) is 0 Å². The minimum Gasteiger partial charge on any atom is -0.477 e. The van der Waals surface area contributed by atoms with E-state index < -0.39 is 0 Å². The zero-order valence-electron chi connectivity index (χ0n) is 10.8. The van der Waals surface area contributed by atoms with Gasteiger partial charge in [0.2, 0.25) is 11.8 Å². The van der Waals surface area contributed by atoms with Crippen LogP contribution in [-0.2, 0) is 4.74 Å². The summed E-state index contributed by atoms with van der Waals surface area (Å²) in [6.07, 6.45) is 0.766. The number of nitrogens with zero attached hydrogens (tertiary/aromatic N) is 2. The second-order valence-electron chi connectivity index (χ2n) is 4.26. The Labute approximate surface area is 102 Å². The molecule has 0 saturated carbocycles. The molecule has 3 N–H and O–H groups in total. The molecule has 0 atom stereocenters. The van der Waals surface area contributed by atoms with Crippen LogP contribution < -0.4 is 15.8 Å². The molecule has 1 rings (SSSR count). The van der Waals surface area contributed by atoms with Crippen LogP contribution in [0.25, 0.3) is 0 Å². The van der Waals surface area contributed by atoms with E-state index in [-0.39, 0.29) is 11.5 Å². The van der Waals surface area contributed by atoms with Crippen LogP contribution in [0.3, 0.4) is 0 Å². The Balaban J connectivity index is 2.55. The lowest BCUT2D eigenvalue weighted by atomic mass is 10.1. The van der Waals surface area contributed by atoms with Gasteiger partial charge in [0, 0.05) is 26.6 Å². The van der Waals surface area contributed by atoms with E-state index in [9.17, 15) is 0 Å². The minimum atomic E-state index is -0.204. The van der Waals surface area contributed by atoms with Crippen molar-refractivity contribution in [1.82, 2.24) is 9.97 Å². The van der Waals surface area contributed by atoms with Crippen molar-refractivity contribution in [3.05, 3.63) is 6.07 Å². The fourth-order valence-corrected chi connectivity index (χ4v) is 1.15.